The Kier molecular flexibility index (Phi) is 6.33. The van der Waals surface area contributed by atoms with Crippen LogP contribution in [0.4, 0.5) is 5.69 Å². The molecular formula is C32H43NO6. The molecule has 6 atom stereocenters. The lowest BCUT2D eigenvalue weighted by atomic mass is 9.49. The molecule has 1 N–H and O–H groups in total. The highest BCUT2D eigenvalue weighted by Crippen LogP contribution is 2.69. The highest BCUT2D eigenvalue weighted by molar-refractivity contribution is 5.89. The van der Waals surface area contributed by atoms with Gasteiger partial charge in [-0.2, -0.15) is 0 Å². The molecule has 1 spiro atoms. The predicted molar refractivity (Wildman–Crippen MR) is 147 cm³/mol. The summed E-state index contributed by atoms with van der Waals surface area (Å²) in [6, 6.07) is 8.69. The van der Waals surface area contributed by atoms with Gasteiger partial charge in [-0.1, -0.05) is 24.6 Å². The molecule has 0 radical (unpaired) electrons. The Morgan fingerprint density at radius 1 is 1.03 bits per heavy atom. The zero-order valence-electron chi connectivity index (χ0n) is 24.0. The highest BCUT2D eigenvalue weighted by Gasteiger charge is 2.68. The number of rotatable bonds is 4. The number of nitrogens with zero attached hydrogens (tertiary/aromatic N) is 1. The third-order valence-corrected chi connectivity index (χ3v) is 11.0. The van der Waals surface area contributed by atoms with Gasteiger partial charge in [-0.05, 0) is 80.6 Å². The number of allylic oxidation sites excluding steroid dienone is 1. The van der Waals surface area contributed by atoms with E-state index in [1.54, 1.807) is 6.92 Å². The molecule has 6 rings (SSSR count). The summed E-state index contributed by atoms with van der Waals surface area (Å²) in [4.78, 5) is 27.8. The van der Waals surface area contributed by atoms with Crippen LogP contribution < -0.4 is 4.90 Å². The van der Waals surface area contributed by atoms with E-state index in [9.17, 15) is 14.7 Å². The van der Waals surface area contributed by atoms with E-state index in [-0.39, 0.29) is 23.5 Å². The number of ether oxygens (including phenoxy) is 3. The average Bonchev–Trinajstić information content (AvgIpc) is 3.44. The van der Waals surface area contributed by atoms with Crippen molar-refractivity contribution < 1.29 is 28.9 Å². The zero-order chi connectivity index (χ0) is 27.8. The van der Waals surface area contributed by atoms with Crippen LogP contribution in [0.5, 0.6) is 0 Å². The van der Waals surface area contributed by atoms with E-state index in [0.717, 1.165) is 31.4 Å². The number of hydrogen-bond donors (Lipinski definition) is 1. The maximum atomic E-state index is 13.3. The molecule has 5 aliphatic rings. The largest absolute Gasteiger partial charge is 0.451 e. The number of ketones is 1. The lowest BCUT2D eigenvalue weighted by Crippen LogP contribution is -2.58. The fraction of sp³-hybridized carbons (Fsp3) is 0.688. The molecule has 0 amide bonds. The van der Waals surface area contributed by atoms with Gasteiger partial charge in [0.05, 0.1) is 18.8 Å². The first-order valence-corrected chi connectivity index (χ1v) is 14.7. The zero-order valence-corrected chi connectivity index (χ0v) is 24.0. The molecule has 0 bridgehead atoms. The minimum Gasteiger partial charge on any atom is -0.451 e. The Hall–Kier alpha value is -2.22. The molecule has 1 aromatic carbocycles. The van der Waals surface area contributed by atoms with Crippen LogP contribution in [0.25, 0.3) is 0 Å². The van der Waals surface area contributed by atoms with Crippen molar-refractivity contribution in [3.05, 3.63) is 41.0 Å². The van der Waals surface area contributed by atoms with Crippen LogP contribution in [0, 0.1) is 17.3 Å². The summed E-state index contributed by atoms with van der Waals surface area (Å²) in [5.41, 5.74) is 2.29. The number of benzene rings is 1. The number of esters is 1. The fourth-order valence-corrected chi connectivity index (χ4v) is 9.37. The summed E-state index contributed by atoms with van der Waals surface area (Å²) in [7, 11) is 4.07. The van der Waals surface area contributed by atoms with Crippen LogP contribution in [0.15, 0.2) is 35.4 Å². The van der Waals surface area contributed by atoms with Gasteiger partial charge in [-0.3, -0.25) is 9.59 Å². The van der Waals surface area contributed by atoms with Gasteiger partial charge >= 0.3 is 5.97 Å². The maximum absolute atomic E-state index is 13.3. The second kappa shape index (κ2) is 9.15. The van der Waals surface area contributed by atoms with Crippen molar-refractivity contribution in [1.29, 1.82) is 0 Å². The van der Waals surface area contributed by atoms with E-state index in [1.165, 1.54) is 23.6 Å². The Bertz CT molecular complexity index is 1200. The molecule has 4 fully saturated rings. The first-order valence-electron chi connectivity index (χ1n) is 14.7. The first-order chi connectivity index (χ1) is 18.4. The molecule has 1 aliphatic heterocycles. The van der Waals surface area contributed by atoms with Crippen molar-refractivity contribution in [3.8, 4) is 0 Å². The summed E-state index contributed by atoms with van der Waals surface area (Å²) in [6.07, 6.45) is 5.57. The standard InChI is InChI=1S/C32H43NO6/c1-20(34)32(39-21(2)35)15-12-26-24-10-13-30(36)19-31(37-16-17-38-31)14-11-27(30)28(24)25(18-29(26,32)3)22-6-8-23(9-7-22)33(4)5/h6-9,24-26,36H,10-19H2,1-5H3/t24?,25-,26?,29+,30-,32+/m1/s1. The minimum atomic E-state index is -1.11. The maximum Gasteiger partial charge on any atom is 0.303 e. The Balaban J connectivity index is 1.49. The molecule has 4 aliphatic carbocycles. The molecule has 2 unspecified atom stereocenters. The number of fused-ring (bicyclic) bond motifs is 4. The van der Waals surface area contributed by atoms with Gasteiger partial charge in [0.25, 0.3) is 0 Å². The van der Waals surface area contributed by atoms with Crippen molar-refractivity contribution in [1.82, 2.24) is 0 Å². The molecule has 1 heterocycles. The smallest absolute Gasteiger partial charge is 0.303 e. The van der Waals surface area contributed by atoms with Gasteiger partial charge in [0.2, 0.25) is 0 Å². The fourth-order valence-electron chi connectivity index (χ4n) is 9.37. The van der Waals surface area contributed by atoms with Crippen molar-refractivity contribution in [2.24, 2.45) is 17.3 Å². The third-order valence-electron chi connectivity index (χ3n) is 11.0. The molecule has 0 aromatic heterocycles. The Labute approximate surface area is 231 Å². The van der Waals surface area contributed by atoms with Gasteiger partial charge < -0.3 is 24.2 Å². The first kappa shape index (κ1) is 27.0. The summed E-state index contributed by atoms with van der Waals surface area (Å²) >= 11 is 0. The van der Waals surface area contributed by atoms with Gasteiger partial charge in [0.15, 0.2) is 17.2 Å². The average molecular weight is 538 g/mol. The Morgan fingerprint density at radius 3 is 2.33 bits per heavy atom. The van der Waals surface area contributed by atoms with E-state index in [2.05, 4.69) is 36.1 Å². The van der Waals surface area contributed by atoms with Crippen molar-refractivity contribution in [2.45, 2.75) is 95.0 Å². The lowest BCUT2D eigenvalue weighted by molar-refractivity contribution is -0.209. The second-order valence-corrected chi connectivity index (χ2v) is 13.2. The number of anilines is 1. The van der Waals surface area contributed by atoms with E-state index in [1.807, 2.05) is 14.1 Å². The third kappa shape index (κ3) is 3.94. The van der Waals surface area contributed by atoms with E-state index >= 15 is 0 Å². The van der Waals surface area contributed by atoms with Crippen LogP contribution in [0.2, 0.25) is 0 Å². The SMILES string of the molecule is CC(=O)O[C@]1(C(C)=O)CCC2C3CC[C@@]4(O)CC5(CCC4=C3[C@@H](c3ccc(N(C)C)cc3)C[C@@]21C)OCCO5. The summed E-state index contributed by atoms with van der Waals surface area (Å²) < 4.78 is 18.2. The lowest BCUT2D eigenvalue weighted by Gasteiger charge is -2.57. The normalized spacial score (nSPS) is 38.7. The summed E-state index contributed by atoms with van der Waals surface area (Å²) in [5.74, 6) is -0.655. The molecular weight excluding hydrogens is 494 g/mol. The topological polar surface area (TPSA) is 85.3 Å². The monoisotopic (exact) mass is 537 g/mol. The molecule has 1 saturated heterocycles. The van der Waals surface area contributed by atoms with Crippen LogP contribution in [0.3, 0.4) is 0 Å². The number of hydrogen-bond acceptors (Lipinski definition) is 7. The number of carbonyl (C=O) groups excluding carboxylic acids is 2. The van der Waals surface area contributed by atoms with Gasteiger partial charge in [0, 0.05) is 50.9 Å². The van der Waals surface area contributed by atoms with Crippen LogP contribution in [-0.2, 0) is 23.8 Å². The summed E-state index contributed by atoms with van der Waals surface area (Å²) in [5, 5.41) is 12.2. The van der Waals surface area contributed by atoms with Crippen LogP contribution in [-0.4, -0.2) is 61.2 Å². The number of aliphatic hydroxyl groups is 1. The predicted octanol–water partition coefficient (Wildman–Crippen LogP) is 4.91. The van der Waals surface area contributed by atoms with Gasteiger partial charge in [-0.25, -0.2) is 0 Å². The quantitative estimate of drug-likeness (QED) is 0.431. The molecule has 7 heteroatoms. The van der Waals surface area contributed by atoms with E-state index in [4.69, 9.17) is 14.2 Å². The molecule has 3 saturated carbocycles. The summed E-state index contributed by atoms with van der Waals surface area (Å²) in [6.45, 7) is 6.35. The minimum absolute atomic E-state index is 0.0288. The van der Waals surface area contributed by atoms with Crippen molar-refractivity contribution in [3.63, 3.8) is 0 Å². The number of Topliss-reactive ketones (excluding diaryl/α,β-unsaturated/α-hetero) is 1. The molecule has 39 heavy (non-hydrogen) atoms. The van der Waals surface area contributed by atoms with Crippen molar-refractivity contribution >= 4 is 17.4 Å². The van der Waals surface area contributed by atoms with Crippen LogP contribution >= 0.6 is 0 Å². The van der Waals surface area contributed by atoms with Crippen LogP contribution in [0.1, 0.15) is 83.6 Å². The van der Waals surface area contributed by atoms with Crippen molar-refractivity contribution in [2.75, 3.05) is 32.2 Å². The molecule has 1 aromatic rings. The van der Waals surface area contributed by atoms with Gasteiger partial charge in [0.1, 0.15) is 0 Å². The van der Waals surface area contributed by atoms with E-state index < -0.39 is 28.4 Å². The number of carbonyl (C=O) groups is 2. The second-order valence-electron chi connectivity index (χ2n) is 13.2. The highest BCUT2D eigenvalue weighted by atomic mass is 16.7. The molecule has 7 nitrogen and oxygen atoms in total. The van der Waals surface area contributed by atoms with Gasteiger partial charge in [-0.15, -0.1) is 0 Å². The van der Waals surface area contributed by atoms with E-state index in [0.29, 0.717) is 38.9 Å². The Morgan fingerprint density at radius 2 is 1.72 bits per heavy atom. The molecule has 212 valence electrons.